The number of hydrogen-bond donors (Lipinski definition) is 1. The highest BCUT2D eigenvalue weighted by Gasteiger charge is 2.25. The van der Waals surface area contributed by atoms with Crippen molar-refractivity contribution in [2.24, 2.45) is 0 Å². The third-order valence-electron chi connectivity index (χ3n) is 2.71. The molecule has 0 saturated heterocycles. The minimum Gasteiger partial charge on any atom is -0.326 e. The minimum atomic E-state index is 0.636. The minimum absolute atomic E-state index is 0.636. The number of aromatic nitrogens is 2. The van der Waals surface area contributed by atoms with E-state index in [0.717, 1.165) is 16.7 Å². The maximum Gasteiger partial charge on any atom is 0.207 e. The third kappa shape index (κ3) is 1.91. The fourth-order valence-electron chi connectivity index (χ4n) is 1.72. The second kappa shape index (κ2) is 3.83. The number of nitrogens with zero attached hydrogens (tertiary/aromatic N) is 2. The molecule has 82 valence electrons. The van der Waals surface area contributed by atoms with Gasteiger partial charge in [0, 0.05) is 29.1 Å². The number of hydrogen-bond acceptors (Lipinski definition) is 2. The monoisotopic (exact) mass is 233 g/mol. The van der Waals surface area contributed by atoms with Crippen molar-refractivity contribution >= 4 is 23.2 Å². The average molecular weight is 234 g/mol. The summed E-state index contributed by atoms with van der Waals surface area (Å²) in [5.74, 6) is 0.907. The molecular weight excluding hydrogens is 222 g/mol. The SMILES string of the molecule is Clc1ccc(Nc2nccn2C2CC2)cc1. The van der Waals surface area contributed by atoms with Gasteiger partial charge in [-0.25, -0.2) is 4.98 Å². The van der Waals surface area contributed by atoms with Crippen LogP contribution in [0.3, 0.4) is 0 Å². The van der Waals surface area contributed by atoms with Crippen LogP contribution in [-0.2, 0) is 0 Å². The topological polar surface area (TPSA) is 29.9 Å². The van der Waals surface area contributed by atoms with Crippen LogP contribution >= 0.6 is 11.6 Å². The average Bonchev–Trinajstić information content (AvgIpc) is 3.03. The van der Waals surface area contributed by atoms with Gasteiger partial charge in [0.1, 0.15) is 0 Å². The van der Waals surface area contributed by atoms with Gasteiger partial charge in [-0.15, -0.1) is 0 Å². The van der Waals surface area contributed by atoms with E-state index in [2.05, 4.69) is 14.9 Å². The molecule has 0 spiro atoms. The van der Waals surface area contributed by atoms with Gasteiger partial charge < -0.3 is 9.88 Å². The van der Waals surface area contributed by atoms with Crippen LogP contribution in [0.25, 0.3) is 0 Å². The Morgan fingerprint density at radius 2 is 2.00 bits per heavy atom. The van der Waals surface area contributed by atoms with Gasteiger partial charge in [0.2, 0.25) is 5.95 Å². The molecule has 0 radical (unpaired) electrons. The Balaban J connectivity index is 1.82. The fourth-order valence-corrected chi connectivity index (χ4v) is 1.85. The predicted octanol–water partition coefficient (Wildman–Crippen LogP) is 3.62. The highest BCUT2D eigenvalue weighted by Crippen LogP contribution is 2.37. The van der Waals surface area contributed by atoms with E-state index in [1.807, 2.05) is 36.7 Å². The van der Waals surface area contributed by atoms with Crippen LogP contribution in [-0.4, -0.2) is 9.55 Å². The highest BCUT2D eigenvalue weighted by atomic mass is 35.5. The lowest BCUT2D eigenvalue weighted by molar-refractivity contribution is 0.751. The van der Waals surface area contributed by atoms with Gasteiger partial charge in [-0.1, -0.05) is 11.6 Å². The van der Waals surface area contributed by atoms with E-state index >= 15 is 0 Å². The summed E-state index contributed by atoms with van der Waals surface area (Å²) >= 11 is 5.84. The number of imidazole rings is 1. The molecule has 0 aliphatic heterocycles. The van der Waals surface area contributed by atoms with Crippen molar-refractivity contribution in [2.45, 2.75) is 18.9 Å². The summed E-state index contributed by atoms with van der Waals surface area (Å²) in [5.41, 5.74) is 1.01. The lowest BCUT2D eigenvalue weighted by Gasteiger charge is -2.08. The summed E-state index contributed by atoms with van der Waals surface area (Å²) in [6.45, 7) is 0. The molecule has 4 heteroatoms. The molecule has 3 nitrogen and oxygen atoms in total. The first-order chi connectivity index (χ1) is 7.83. The second-order valence-electron chi connectivity index (χ2n) is 4.02. The summed E-state index contributed by atoms with van der Waals surface area (Å²) in [4.78, 5) is 4.31. The molecule has 1 aliphatic rings. The van der Waals surface area contributed by atoms with E-state index in [-0.39, 0.29) is 0 Å². The lowest BCUT2D eigenvalue weighted by atomic mass is 10.3. The number of benzene rings is 1. The quantitative estimate of drug-likeness (QED) is 0.878. The van der Waals surface area contributed by atoms with Crippen molar-refractivity contribution < 1.29 is 0 Å². The number of anilines is 2. The van der Waals surface area contributed by atoms with Gasteiger partial charge in [-0.05, 0) is 37.1 Å². The molecule has 0 bridgehead atoms. The zero-order valence-electron chi connectivity index (χ0n) is 8.73. The summed E-state index contributed by atoms with van der Waals surface area (Å²) < 4.78 is 2.19. The zero-order valence-corrected chi connectivity index (χ0v) is 9.48. The molecular formula is C12H12ClN3. The van der Waals surface area contributed by atoms with Crippen LogP contribution in [0.2, 0.25) is 5.02 Å². The molecule has 0 atom stereocenters. The molecule has 1 aromatic carbocycles. The smallest absolute Gasteiger partial charge is 0.207 e. The van der Waals surface area contributed by atoms with Crippen molar-refractivity contribution in [1.82, 2.24) is 9.55 Å². The van der Waals surface area contributed by atoms with Crippen LogP contribution in [0.1, 0.15) is 18.9 Å². The van der Waals surface area contributed by atoms with Crippen molar-refractivity contribution in [3.8, 4) is 0 Å². The molecule has 3 rings (SSSR count). The van der Waals surface area contributed by atoms with Crippen LogP contribution < -0.4 is 5.32 Å². The Hall–Kier alpha value is -1.48. The maximum absolute atomic E-state index is 5.84. The molecule has 0 unspecified atom stereocenters. The van der Waals surface area contributed by atoms with Crippen molar-refractivity contribution in [3.63, 3.8) is 0 Å². The molecule has 1 N–H and O–H groups in total. The van der Waals surface area contributed by atoms with E-state index in [4.69, 9.17) is 11.6 Å². The van der Waals surface area contributed by atoms with E-state index in [1.54, 1.807) is 0 Å². The molecule has 1 fully saturated rings. The number of nitrogens with one attached hydrogen (secondary N) is 1. The zero-order chi connectivity index (χ0) is 11.0. The van der Waals surface area contributed by atoms with Gasteiger partial charge in [-0.3, -0.25) is 0 Å². The molecule has 1 heterocycles. The molecule has 2 aromatic rings. The Labute approximate surface area is 99.1 Å². The summed E-state index contributed by atoms with van der Waals surface area (Å²) in [5, 5.41) is 4.04. The van der Waals surface area contributed by atoms with Crippen LogP contribution in [0.5, 0.6) is 0 Å². The van der Waals surface area contributed by atoms with Gasteiger partial charge in [0.25, 0.3) is 0 Å². The molecule has 16 heavy (non-hydrogen) atoms. The summed E-state index contributed by atoms with van der Waals surface area (Å²) in [6, 6.07) is 8.28. The van der Waals surface area contributed by atoms with E-state index in [0.29, 0.717) is 6.04 Å². The first-order valence-corrected chi connectivity index (χ1v) is 5.76. The van der Waals surface area contributed by atoms with Gasteiger partial charge >= 0.3 is 0 Å². The van der Waals surface area contributed by atoms with Gasteiger partial charge in [-0.2, -0.15) is 0 Å². The first kappa shape index (κ1) is 9.73. The molecule has 1 aromatic heterocycles. The van der Waals surface area contributed by atoms with E-state index in [9.17, 15) is 0 Å². The van der Waals surface area contributed by atoms with Gasteiger partial charge in [0.15, 0.2) is 0 Å². The third-order valence-corrected chi connectivity index (χ3v) is 2.96. The maximum atomic E-state index is 5.84. The molecule has 1 saturated carbocycles. The standard InChI is InChI=1S/C12H12ClN3/c13-9-1-3-10(4-2-9)15-12-14-7-8-16(12)11-5-6-11/h1-4,7-8,11H,5-6H2,(H,14,15). The first-order valence-electron chi connectivity index (χ1n) is 5.38. The Morgan fingerprint density at radius 1 is 1.25 bits per heavy atom. The van der Waals surface area contributed by atoms with E-state index < -0.39 is 0 Å². The molecule has 0 amide bonds. The largest absolute Gasteiger partial charge is 0.326 e. The van der Waals surface area contributed by atoms with Gasteiger partial charge in [0.05, 0.1) is 0 Å². The van der Waals surface area contributed by atoms with E-state index in [1.165, 1.54) is 12.8 Å². The Kier molecular flexibility index (Phi) is 2.33. The lowest BCUT2D eigenvalue weighted by Crippen LogP contribution is -2.00. The number of rotatable bonds is 3. The summed E-state index contributed by atoms with van der Waals surface area (Å²) in [6.07, 6.45) is 6.36. The van der Waals surface area contributed by atoms with Crippen molar-refractivity contribution in [2.75, 3.05) is 5.32 Å². The summed E-state index contributed by atoms with van der Waals surface area (Å²) in [7, 11) is 0. The highest BCUT2D eigenvalue weighted by molar-refractivity contribution is 6.30. The van der Waals surface area contributed by atoms with Crippen molar-refractivity contribution in [3.05, 3.63) is 41.7 Å². The second-order valence-corrected chi connectivity index (χ2v) is 4.46. The predicted molar refractivity (Wildman–Crippen MR) is 65.2 cm³/mol. The Morgan fingerprint density at radius 3 is 2.69 bits per heavy atom. The fraction of sp³-hybridized carbons (Fsp3) is 0.250. The van der Waals surface area contributed by atoms with Crippen LogP contribution in [0, 0.1) is 0 Å². The normalized spacial score (nSPS) is 15.1. The molecule has 1 aliphatic carbocycles. The van der Waals surface area contributed by atoms with Crippen LogP contribution in [0.4, 0.5) is 11.6 Å². The van der Waals surface area contributed by atoms with Crippen LogP contribution in [0.15, 0.2) is 36.7 Å². The van der Waals surface area contributed by atoms with Crippen molar-refractivity contribution in [1.29, 1.82) is 0 Å². The number of halogens is 1. The Bertz CT molecular complexity index is 485.